The normalized spacial score (nSPS) is 13.6. The molecule has 1 aromatic heterocycles. The molecular formula is C16H15NO3S. The molecule has 3 rings (SSSR count). The number of aryl methyl sites for hydroxylation is 1. The van der Waals surface area contributed by atoms with Crippen molar-refractivity contribution in [3.05, 3.63) is 51.2 Å². The van der Waals surface area contributed by atoms with E-state index in [1.165, 1.54) is 4.88 Å². The maximum Gasteiger partial charge on any atom is 0.335 e. The van der Waals surface area contributed by atoms with Gasteiger partial charge in [-0.25, -0.2) is 4.79 Å². The largest absolute Gasteiger partial charge is 0.478 e. The minimum atomic E-state index is -0.971. The number of fused-ring (bicyclic) bond motifs is 1. The smallest absolute Gasteiger partial charge is 0.335 e. The second kappa shape index (κ2) is 5.33. The van der Waals surface area contributed by atoms with Crippen LogP contribution in [0.4, 0.5) is 5.69 Å². The number of nitrogens with zero attached hydrogens (tertiary/aromatic N) is 1. The first-order chi connectivity index (χ1) is 10.1. The summed E-state index contributed by atoms with van der Waals surface area (Å²) < 4.78 is 0. The molecule has 4 nitrogen and oxygen atoms in total. The number of amides is 1. The van der Waals surface area contributed by atoms with Crippen molar-refractivity contribution < 1.29 is 14.7 Å². The summed E-state index contributed by atoms with van der Waals surface area (Å²) in [6.07, 6.45) is 1.33. The Kier molecular flexibility index (Phi) is 3.51. The summed E-state index contributed by atoms with van der Waals surface area (Å²) in [5.74, 6) is -0.944. The molecule has 1 N–H and O–H groups in total. The standard InChI is InChI=1S/C16H15NO3S/c1-2-12-5-6-13(21-12)9-17-14-7-11(16(19)20)4-3-10(14)8-15(17)18/h3-7H,2,8-9H2,1H3,(H,19,20). The van der Waals surface area contributed by atoms with Crippen LogP contribution in [0.15, 0.2) is 30.3 Å². The van der Waals surface area contributed by atoms with Gasteiger partial charge in [0.25, 0.3) is 0 Å². The van der Waals surface area contributed by atoms with Crippen LogP contribution in [-0.2, 0) is 24.2 Å². The van der Waals surface area contributed by atoms with Gasteiger partial charge in [0.15, 0.2) is 0 Å². The lowest BCUT2D eigenvalue weighted by Gasteiger charge is -2.16. The fraction of sp³-hybridized carbons (Fsp3) is 0.250. The van der Waals surface area contributed by atoms with E-state index in [0.717, 1.165) is 22.5 Å². The molecule has 0 aliphatic carbocycles. The van der Waals surface area contributed by atoms with Crippen molar-refractivity contribution in [2.75, 3.05) is 4.90 Å². The third kappa shape index (κ3) is 2.56. The van der Waals surface area contributed by atoms with Crippen LogP contribution in [0.3, 0.4) is 0 Å². The molecule has 0 saturated heterocycles. The summed E-state index contributed by atoms with van der Waals surface area (Å²) in [5, 5.41) is 9.09. The first kappa shape index (κ1) is 13.8. The first-order valence-electron chi connectivity index (χ1n) is 6.82. The van der Waals surface area contributed by atoms with E-state index in [1.54, 1.807) is 34.4 Å². The number of carbonyl (C=O) groups is 2. The second-order valence-corrected chi connectivity index (χ2v) is 6.28. The van der Waals surface area contributed by atoms with Gasteiger partial charge in [-0.15, -0.1) is 11.3 Å². The summed E-state index contributed by atoms with van der Waals surface area (Å²) in [7, 11) is 0. The number of carboxylic acids is 1. The van der Waals surface area contributed by atoms with E-state index in [4.69, 9.17) is 5.11 Å². The molecule has 1 amide bonds. The molecule has 21 heavy (non-hydrogen) atoms. The molecular weight excluding hydrogens is 286 g/mol. The maximum absolute atomic E-state index is 12.2. The number of thiophene rings is 1. The van der Waals surface area contributed by atoms with Crippen molar-refractivity contribution in [3.63, 3.8) is 0 Å². The number of carbonyl (C=O) groups excluding carboxylic acids is 1. The third-order valence-electron chi connectivity index (χ3n) is 3.65. The Hall–Kier alpha value is -2.14. The lowest BCUT2D eigenvalue weighted by molar-refractivity contribution is -0.117. The van der Waals surface area contributed by atoms with Crippen LogP contribution < -0.4 is 4.90 Å². The SMILES string of the molecule is CCc1ccc(CN2C(=O)Cc3ccc(C(=O)O)cc32)s1. The third-order valence-corrected chi connectivity index (χ3v) is 4.86. The first-order valence-corrected chi connectivity index (χ1v) is 7.64. The summed E-state index contributed by atoms with van der Waals surface area (Å²) >= 11 is 1.70. The summed E-state index contributed by atoms with van der Waals surface area (Å²) in [4.78, 5) is 27.4. The Bertz CT molecular complexity index is 720. The van der Waals surface area contributed by atoms with Crippen LogP contribution in [0.2, 0.25) is 0 Å². The van der Waals surface area contributed by atoms with Gasteiger partial charge in [-0.05, 0) is 36.2 Å². The van der Waals surface area contributed by atoms with E-state index in [0.29, 0.717) is 13.0 Å². The van der Waals surface area contributed by atoms with Crippen molar-refractivity contribution in [1.29, 1.82) is 0 Å². The molecule has 0 fully saturated rings. The zero-order valence-corrected chi connectivity index (χ0v) is 12.4. The number of aromatic carboxylic acids is 1. The van der Waals surface area contributed by atoms with Gasteiger partial charge in [-0.1, -0.05) is 13.0 Å². The zero-order valence-electron chi connectivity index (χ0n) is 11.6. The molecule has 0 bridgehead atoms. The van der Waals surface area contributed by atoms with E-state index < -0.39 is 5.97 Å². The fourth-order valence-corrected chi connectivity index (χ4v) is 3.46. The topological polar surface area (TPSA) is 57.6 Å². The van der Waals surface area contributed by atoms with Crippen LogP contribution in [0.25, 0.3) is 0 Å². The Balaban J connectivity index is 1.91. The Morgan fingerprint density at radius 1 is 1.29 bits per heavy atom. The molecule has 1 aliphatic rings. The highest BCUT2D eigenvalue weighted by Gasteiger charge is 2.28. The molecule has 0 unspecified atom stereocenters. The molecule has 5 heteroatoms. The highest BCUT2D eigenvalue weighted by atomic mass is 32.1. The molecule has 0 radical (unpaired) electrons. The minimum Gasteiger partial charge on any atom is -0.478 e. The van der Waals surface area contributed by atoms with Gasteiger partial charge in [0.05, 0.1) is 18.5 Å². The van der Waals surface area contributed by atoms with E-state index in [1.807, 2.05) is 6.07 Å². The Morgan fingerprint density at radius 2 is 2.05 bits per heavy atom. The Labute approximate surface area is 126 Å². The maximum atomic E-state index is 12.2. The number of benzene rings is 1. The number of anilines is 1. The van der Waals surface area contributed by atoms with Gasteiger partial charge in [-0.3, -0.25) is 4.79 Å². The molecule has 0 saturated carbocycles. The van der Waals surface area contributed by atoms with E-state index >= 15 is 0 Å². The van der Waals surface area contributed by atoms with Crippen molar-refractivity contribution in [2.45, 2.75) is 26.3 Å². The highest BCUT2D eigenvalue weighted by molar-refractivity contribution is 7.12. The summed E-state index contributed by atoms with van der Waals surface area (Å²) in [5.41, 5.74) is 1.84. The van der Waals surface area contributed by atoms with Gasteiger partial charge >= 0.3 is 5.97 Å². The monoisotopic (exact) mass is 301 g/mol. The lowest BCUT2D eigenvalue weighted by Crippen LogP contribution is -2.25. The molecule has 2 heterocycles. The van der Waals surface area contributed by atoms with Crippen molar-refractivity contribution in [2.24, 2.45) is 0 Å². The molecule has 0 spiro atoms. The average Bonchev–Trinajstić information content (AvgIpc) is 3.04. The predicted molar refractivity (Wildman–Crippen MR) is 82.0 cm³/mol. The van der Waals surface area contributed by atoms with Gasteiger partial charge < -0.3 is 10.0 Å². The van der Waals surface area contributed by atoms with Gasteiger partial charge in [0.1, 0.15) is 0 Å². The molecule has 1 aromatic carbocycles. The number of hydrogen-bond donors (Lipinski definition) is 1. The van der Waals surface area contributed by atoms with Gasteiger partial charge in [0, 0.05) is 15.4 Å². The minimum absolute atomic E-state index is 0.0268. The average molecular weight is 301 g/mol. The van der Waals surface area contributed by atoms with E-state index in [2.05, 4.69) is 13.0 Å². The lowest BCUT2D eigenvalue weighted by atomic mass is 10.1. The number of hydrogen-bond acceptors (Lipinski definition) is 3. The van der Waals surface area contributed by atoms with Crippen LogP contribution in [0, 0.1) is 0 Å². The van der Waals surface area contributed by atoms with Gasteiger partial charge in [-0.2, -0.15) is 0 Å². The van der Waals surface area contributed by atoms with Crippen molar-refractivity contribution >= 4 is 28.9 Å². The molecule has 0 atom stereocenters. The van der Waals surface area contributed by atoms with Crippen LogP contribution in [0.5, 0.6) is 0 Å². The van der Waals surface area contributed by atoms with E-state index in [9.17, 15) is 9.59 Å². The second-order valence-electron chi connectivity index (χ2n) is 5.03. The van der Waals surface area contributed by atoms with Crippen molar-refractivity contribution in [1.82, 2.24) is 0 Å². The highest BCUT2D eigenvalue weighted by Crippen LogP contribution is 2.32. The van der Waals surface area contributed by atoms with Gasteiger partial charge in [0.2, 0.25) is 5.91 Å². The van der Waals surface area contributed by atoms with E-state index in [-0.39, 0.29) is 11.5 Å². The number of carboxylic acid groups (broad SMARTS) is 1. The molecule has 108 valence electrons. The van der Waals surface area contributed by atoms with Crippen LogP contribution in [0.1, 0.15) is 32.6 Å². The van der Waals surface area contributed by atoms with Crippen molar-refractivity contribution in [3.8, 4) is 0 Å². The zero-order chi connectivity index (χ0) is 15.0. The van der Waals surface area contributed by atoms with Crippen LogP contribution in [-0.4, -0.2) is 17.0 Å². The fourth-order valence-electron chi connectivity index (χ4n) is 2.52. The Morgan fingerprint density at radius 3 is 2.71 bits per heavy atom. The summed E-state index contributed by atoms with van der Waals surface area (Å²) in [6, 6.07) is 9.00. The number of rotatable bonds is 4. The predicted octanol–water partition coefficient (Wildman–Crippen LogP) is 3.10. The van der Waals surface area contributed by atoms with Crippen LogP contribution >= 0.6 is 11.3 Å². The quantitative estimate of drug-likeness (QED) is 0.944. The molecule has 2 aromatic rings. The summed E-state index contributed by atoms with van der Waals surface area (Å²) in [6.45, 7) is 2.62. The molecule has 1 aliphatic heterocycles.